The summed E-state index contributed by atoms with van der Waals surface area (Å²) in [5, 5.41) is 0. The van der Waals surface area contributed by atoms with Crippen LogP contribution in [0.15, 0.2) is 0 Å². The second-order valence-electron chi connectivity index (χ2n) is 1.89. The molecule has 55 valence electrons. The molecule has 0 spiro atoms. The van der Waals surface area contributed by atoms with Crippen molar-refractivity contribution in [3.63, 3.8) is 0 Å². The van der Waals surface area contributed by atoms with Gasteiger partial charge in [-0.2, -0.15) is 11.8 Å². The molecule has 0 aromatic rings. The van der Waals surface area contributed by atoms with Gasteiger partial charge in [0.15, 0.2) is 0 Å². The minimum atomic E-state index is 0.538. The van der Waals surface area contributed by atoms with Gasteiger partial charge in [0.1, 0.15) is 0 Å². The summed E-state index contributed by atoms with van der Waals surface area (Å²) in [4.78, 5) is 0. The van der Waals surface area contributed by atoms with Crippen LogP contribution in [0.25, 0.3) is 0 Å². The Morgan fingerprint density at radius 1 is 1.56 bits per heavy atom. The highest BCUT2D eigenvalue weighted by molar-refractivity contribution is 8.16. The van der Waals surface area contributed by atoms with Crippen LogP contribution in [0.3, 0.4) is 0 Å². The molecule has 0 aromatic heterocycles. The third kappa shape index (κ3) is 6.59. The van der Waals surface area contributed by atoms with Gasteiger partial charge in [-0.15, -0.1) is 11.8 Å². The van der Waals surface area contributed by atoms with Gasteiger partial charge < -0.3 is 0 Å². The molecule has 0 bridgehead atoms. The summed E-state index contributed by atoms with van der Waals surface area (Å²) in [5.41, 5.74) is 0. The molecule has 0 saturated carbocycles. The fourth-order valence-corrected chi connectivity index (χ4v) is 1.98. The van der Waals surface area contributed by atoms with Gasteiger partial charge in [0.25, 0.3) is 0 Å². The van der Waals surface area contributed by atoms with Gasteiger partial charge >= 0.3 is 0 Å². The van der Waals surface area contributed by atoms with Gasteiger partial charge in [-0.1, -0.05) is 13.3 Å². The smallest absolute Gasteiger partial charge is 0.0500 e. The monoisotopic (exact) mass is 163 g/mol. The Morgan fingerprint density at radius 2 is 2.22 bits per heavy atom. The molecule has 0 aliphatic carbocycles. The minimum absolute atomic E-state index is 0.538. The molecule has 0 amide bonds. The van der Waals surface area contributed by atoms with Crippen LogP contribution in [-0.2, 0) is 0 Å². The normalized spacial score (nSPS) is 13.7. The molecule has 0 fully saturated rings. The van der Waals surface area contributed by atoms with E-state index >= 15 is 0 Å². The molecule has 0 aromatic carbocycles. The van der Waals surface area contributed by atoms with Crippen LogP contribution in [0.5, 0.6) is 0 Å². The summed E-state index contributed by atoms with van der Waals surface area (Å²) in [7, 11) is 0. The number of rotatable bonds is 5. The van der Waals surface area contributed by atoms with E-state index in [1.54, 1.807) is 0 Å². The van der Waals surface area contributed by atoms with E-state index in [1.807, 2.05) is 23.5 Å². The zero-order valence-electron chi connectivity index (χ0n) is 6.22. The van der Waals surface area contributed by atoms with Crippen molar-refractivity contribution in [2.75, 3.05) is 12.0 Å². The van der Waals surface area contributed by atoms with E-state index < -0.39 is 0 Å². The van der Waals surface area contributed by atoms with Crippen LogP contribution in [0, 0.1) is 6.92 Å². The predicted molar refractivity (Wildman–Crippen MR) is 50.0 cm³/mol. The zero-order chi connectivity index (χ0) is 7.11. The van der Waals surface area contributed by atoms with Crippen LogP contribution in [-0.4, -0.2) is 16.6 Å². The number of hydrogen-bond donors (Lipinski definition) is 0. The molecule has 0 N–H and O–H groups in total. The first-order valence-corrected chi connectivity index (χ1v) is 5.62. The Kier molecular flexibility index (Phi) is 7.34. The molecule has 0 saturated heterocycles. The topological polar surface area (TPSA) is 0 Å². The van der Waals surface area contributed by atoms with Crippen LogP contribution < -0.4 is 0 Å². The summed E-state index contributed by atoms with van der Waals surface area (Å²) in [6.45, 7) is 6.17. The first kappa shape index (κ1) is 9.70. The Bertz CT molecular complexity index is 54.9. The Morgan fingerprint density at radius 3 is 2.67 bits per heavy atom. The average Bonchev–Trinajstić information content (AvgIpc) is 1.89. The van der Waals surface area contributed by atoms with E-state index in [9.17, 15) is 0 Å². The summed E-state index contributed by atoms with van der Waals surface area (Å²) < 4.78 is 0.538. The second kappa shape index (κ2) is 6.81. The Balaban J connectivity index is 2.88. The van der Waals surface area contributed by atoms with Gasteiger partial charge in [-0.05, 0) is 25.4 Å². The predicted octanol–water partition coefficient (Wildman–Crippen LogP) is 3.04. The molecule has 1 unspecified atom stereocenters. The summed E-state index contributed by atoms with van der Waals surface area (Å²) in [5.74, 6) is 1.27. The maximum Gasteiger partial charge on any atom is 0.0500 e. The third-order valence-electron chi connectivity index (χ3n) is 1.06. The van der Waals surface area contributed by atoms with Crippen molar-refractivity contribution >= 4 is 23.5 Å². The van der Waals surface area contributed by atoms with Crippen LogP contribution in [0.4, 0.5) is 0 Å². The highest BCUT2D eigenvalue weighted by atomic mass is 32.2. The van der Waals surface area contributed by atoms with Gasteiger partial charge in [-0.25, -0.2) is 0 Å². The first-order valence-electron chi connectivity index (χ1n) is 3.28. The van der Waals surface area contributed by atoms with Crippen molar-refractivity contribution in [2.24, 2.45) is 0 Å². The van der Waals surface area contributed by atoms with Crippen molar-refractivity contribution in [2.45, 2.75) is 24.3 Å². The lowest BCUT2D eigenvalue weighted by Crippen LogP contribution is -1.89. The molecule has 0 rings (SSSR count). The quantitative estimate of drug-likeness (QED) is 0.451. The number of unbranched alkanes of at least 4 members (excludes halogenated alkanes) is 1. The van der Waals surface area contributed by atoms with E-state index in [2.05, 4.69) is 20.1 Å². The zero-order valence-corrected chi connectivity index (χ0v) is 7.86. The summed E-state index contributed by atoms with van der Waals surface area (Å²) in [6, 6.07) is 0. The van der Waals surface area contributed by atoms with Gasteiger partial charge in [-0.3, -0.25) is 0 Å². The van der Waals surface area contributed by atoms with E-state index in [0.717, 1.165) is 0 Å². The molecule has 0 nitrogen and oxygen atoms in total. The van der Waals surface area contributed by atoms with Crippen molar-refractivity contribution < 1.29 is 0 Å². The van der Waals surface area contributed by atoms with E-state index in [1.165, 1.54) is 18.6 Å². The molecule has 9 heavy (non-hydrogen) atoms. The summed E-state index contributed by atoms with van der Waals surface area (Å²) in [6.07, 6.45) is 4.74. The third-order valence-corrected chi connectivity index (χ3v) is 3.47. The molecule has 1 radical (unpaired) electrons. The lowest BCUT2D eigenvalue weighted by molar-refractivity contribution is 0.896. The molecule has 0 aliphatic rings. The van der Waals surface area contributed by atoms with Crippen molar-refractivity contribution in [1.29, 1.82) is 0 Å². The van der Waals surface area contributed by atoms with Gasteiger partial charge in [0, 0.05) is 4.58 Å². The SMILES string of the molecule is [CH2]C(SC)SCCCC. The lowest BCUT2D eigenvalue weighted by Gasteiger charge is -2.05. The minimum Gasteiger partial charge on any atom is -0.151 e. The van der Waals surface area contributed by atoms with E-state index in [0.29, 0.717) is 4.58 Å². The van der Waals surface area contributed by atoms with Crippen LogP contribution in [0.1, 0.15) is 19.8 Å². The van der Waals surface area contributed by atoms with Crippen molar-refractivity contribution in [3.05, 3.63) is 6.92 Å². The fraction of sp³-hybridized carbons (Fsp3) is 0.857. The van der Waals surface area contributed by atoms with Crippen LogP contribution >= 0.6 is 23.5 Å². The Hall–Kier alpha value is 0.700. The lowest BCUT2D eigenvalue weighted by atomic mass is 10.4. The Labute approximate surface area is 67.2 Å². The molecule has 2 heteroatoms. The highest BCUT2D eigenvalue weighted by Gasteiger charge is 1.96. The van der Waals surface area contributed by atoms with Crippen molar-refractivity contribution in [1.82, 2.24) is 0 Å². The fourth-order valence-electron chi connectivity index (χ4n) is 0.427. The standard InChI is InChI=1S/C7H15S2/c1-4-5-6-9-7(2)8-3/h7H,2,4-6H2,1,3H3. The molecule has 1 atom stereocenters. The highest BCUT2D eigenvalue weighted by Crippen LogP contribution is 2.20. The van der Waals surface area contributed by atoms with Crippen molar-refractivity contribution in [3.8, 4) is 0 Å². The van der Waals surface area contributed by atoms with E-state index in [4.69, 9.17) is 0 Å². The average molecular weight is 163 g/mol. The molecule has 0 heterocycles. The number of thioether (sulfide) groups is 2. The van der Waals surface area contributed by atoms with Gasteiger partial charge in [0.2, 0.25) is 0 Å². The van der Waals surface area contributed by atoms with E-state index in [-0.39, 0.29) is 0 Å². The maximum absolute atomic E-state index is 3.95. The maximum atomic E-state index is 3.95. The molecular formula is C7H15S2. The van der Waals surface area contributed by atoms with Crippen LogP contribution in [0.2, 0.25) is 0 Å². The molecular weight excluding hydrogens is 148 g/mol. The second-order valence-corrected chi connectivity index (χ2v) is 4.54. The molecule has 0 aliphatic heterocycles. The first-order chi connectivity index (χ1) is 4.31. The number of hydrogen-bond acceptors (Lipinski definition) is 2. The summed E-state index contributed by atoms with van der Waals surface area (Å²) >= 11 is 3.78. The largest absolute Gasteiger partial charge is 0.151 e. The van der Waals surface area contributed by atoms with Gasteiger partial charge in [0.05, 0.1) is 0 Å².